The van der Waals surface area contributed by atoms with E-state index in [-0.39, 0.29) is 28.4 Å². The van der Waals surface area contributed by atoms with Crippen molar-refractivity contribution in [2.24, 2.45) is 5.41 Å². The van der Waals surface area contributed by atoms with Gasteiger partial charge in [0.15, 0.2) is 0 Å². The molecule has 2 aliphatic rings. The Kier molecular flexibility index (Phi) is 3.76. The zero-order chi connectivity index (χ0) is 14.9. The summed E-state index contributed by atoms with van der Waals surface area (Å²) in [4.78, 5) is 14.4. The minimum atomic E-state index is -0.281. The summed E-state index contributed by atoms with van der Waals surface area (Å²) in [6.07, 6.45) is 4.03. The Morgan fingerprint density at radius 1 is 1.14 bits per heavy atom. The molecule has 0 unspecified atom stereocenters. The molecule has 114 valence electrons. The number of carbonyl (C=O) groups is 1. The lowest BCUT2D eigenvalue weighted by Gasteiger charge is -2.45. The lowest BCUT2D eigenvalue weighted by molar-refractivity contribution is -0.0230. The second-order valence-corrected chi connectivity index (χ2v) is 6.11. The molecule has 2 aliphatic heterocycles. The molecule has 2 heterocycles. The molecule has 0 aromatic heterocycles. The molecule has 3 rings (SSSR count). The molecule has 1 aromatic carbocycles. The van der Waals surface area contributed by atoms with E-state index in [9.17, 15) is 15.0 Å². The Balaban J connectivity index is 1.81. The highest BCUT2D eigenvalue weighted by molar-refractivity contribution is 5.99. The molecule has 2 saturated heterocycles. The van der Waals surface area contributed by atoms with Crippen molar-refractivity contribution in [2.75, 3.05) is 26.3 Å². The van der Waals surface area contributed by atoms with E-state index >= 15 is 0 Å². The van der Waals surface area contributed by atoms with E-state index in [1.807, 2.05) is 0 Å². The minimum absolute atomic E-state index is 0.0154. The second kappa shape index (κ2) is 5.56. The van der Waals surface area contributed by atoms with Crippen LogP contribution in [0.15, 0.2) is 18.2 Å². The highest BCUT2D eigenvalue weighted by atomic mass is 16.5. The second-order valence-electron chi connectivity index (χ2n) is 6.11. The lowest BCUT2D eigenvalue weighted by Crippen LogP contribution is -2.48. The molecule has 0 aliphatic carbocycles. The Hall–Kier alpha value is -1.75. The summed E-state index contributed by atoms with van der Waals surface area (Å²) in [5.74, 6) is -0.602. The van der Waals surface area contributed by atoms with Crippen LogP contribution in [0.1, 0.15) is 36.0 Å². The van der Waals surface area contributed by atoms with Gasteiger partial charge in [-0.1, -0.05) is 6.07 Å². The number of aromatic hydroxyl groups is 2. The number of rotatable bonds is 1. The number of phenols is 2. The molecule has 2 N–H and O–H groups in total. The summed E-state index contributed by atoms with van der Waals surface area (Å²) >= 11 is 0. The molecule has 1 spiro atoms. The van der Waals surface area contributed by atoms with E-state index in [4.69, 9.17) is 4.74 Å². The maximum absolute atomic E-state index is 12.6. The number of benzene rings is 1. The monoisotopic (exact) mass is 291 g/mol. The zero-order valence-corrected chi connectivity index (χ0v) is 12.0. The fraction of sp³-hybridized carbons (Fsp3) is 0.562. The maximum Gasteiger partial charge on any atom is 0.261 e. The van der Waals surface area contributed by atoms with E-state index in [0.717, 1.165) is 38.9 Å². The normalized spacial score (nSPS) is 21.4. The highest BCUT2D eigenvalue weighted by Crippen LogP contribution is 2.40. The highest BCUT2D eigenvalue weighted by Gasteiger charge is 2.39. The van der Waals surface area contributed by atoms with Crippen molar-refractivity contribution in [3.63, 3.8) is 0 Å². The standard InChI is InChI=1S/C16H21NO4/c18-12-3-1-4-13(19)14(12)15(20)17-8-2-5-16(11-17)6-9-21-10-7-16/h1,3-4,18-19H,2,5-11H2. The summed E-state index contributed by atoms with van der Waals surface area (Å²) in [6.45, 7) is 2.87. The van der Waals surface area contributed by atoms with Crippen LogP contribution in [-0.2, 0) is 4.74 Å². The van der Waals surface area contributed by atoms with Crippen molar-refractivity contribution >= 4 is 5.91 Å². The van der Waals surface area contributed by atoms with Gasteiger partial charge in [0, 0.05) is 26.3 Å². The van der Waals surface area contributed by atoms with Crippen LogP contribution in [-0.4, -0.2) is 47.3 Å². The summed E-state index contributed by atoms with van der Waals surface area (Å²) in [7, 11) is 0. The molecule has 1 aromatic rings. The molecule has 0 atom stereocenters. The number of ether oxygens (including phenoxy) is 1. The first-order valence-corrected chi connectivity index (χ1v) is 7.49. The third kappa shape index (κ3) is 2.70. The van der Waals surface area contributed by atoms with Crippen LogP contribution >= 0.6 is 0 Å². The van der Waals surface area contributed by atoms with E-state index in [1.165, 1.54) is 18.2 Å². The van der Waals surface area contributed by atoms with Gasteiger partial charge in [-0.2, -0.15) is 0 Å². The largest absolute Gasteiger partial charge is 0.507 e. The fourth-order valence-electron chi connectivity index (χ4n) is 3.50. The fourth-order valence-corrected chi connectivity index (χ4v) is 3.50. The van der Waals surface area contributed by atoms with E-state index in [0.29, 0.717) is 13.1 Å². The average molecular weight is 291 g/mol. The number of phenolic OH excluding ortho intramolecular Hbond substituents is 2. The van der Waals surface area contributed by atoms with Crippen molar-refractivity contribution in [3.05, 3.63) is 23.8 Å². The van der Waals surface area contributed by atoms with Gasteiger partial charge < -0.3 is 19.8 Å². The smallest absolute Gasteiger partial charge is 0.261 e. The molecule has 5 nitrogen and oxygen atoms in total. The number of hydrogen-bond acceptors (Lipinski definition) is 4. The Labute approximate surface area is 124 Å². The van der Waals surface area contributed by atoms with Crippen LogP contribution in [0, 0.1) is 5.41 Å². The van der Waals surface area contributed by atoms with Gasteiger partial charge in [-0.25, -0.2) is 0 Å². The summed E-state index contributed by atoms with van der Waals surface area (Å²) in [5.41, 5.74) is 0.160. The third-order valence-corrected chi connectivity index (χ3v) is 4.74. The van der Waals surface area contributed by atoms with Gasteiger partial charge in [0.05, 0.1) is 0 Å². The van der Waals surface area contributed by atoms with Crippen molar-refractivity contribution in [2.45, 2.75) is 25.7 Å². The van der Waals surface area contributed by atoms with Crippen LogP contribution in [0.25, 0.3) is 0 Å². The number of hydrogen-bond donors (Lipinski definition) is 2. The Morgan fingerprint density at radius 2 is 1.81 bits per heavy atom. The maximum atomic E-state index is 12.6. The van der Waals surface area contributed by atoms with Gasteiger partial charge in [0.25, 0.3) is 5.91 Å². The number of nitrogens with zero attached hydrogens (tertiary/aromatic N) is 1. The molecule has 0 radical (unpaired) electrons. The molecule has 21 heavy (non-hydrogen) atoms. The molecular weight excluding hydrogens is 270 g/mol. The summed E-state index contributed by atoms with van der Waals surface area (Å²) < 4.78 is 5.43. The quantitative estimate of drug-likeness (QED) is 0.831. The van der Waals surface area contributed by atoms with Crippen LogP contribution in [0.4, 0.5) is 0 Å². The average Bonchev–Trinajstić information content (AvgIpc) is 2.48. The molecular formula is C16H21NO4. The van der Waals surface area contributed by atoms with Crippen LogP contribution < -0.4 is 0 Å². The van der Waals surface area contributed by atoms with Gasteiger partial charge in [-0.05, 0) is 43.2 Å². The first kappa shape index (κ1) is 14.2. The topological polar surface area (TPSA) is 70.0 Å². The Morgan fingerprint density at radius 3 is 2.48 bits per heavy atom. The van der Waals surface area contributed by atoms with Crippen molar-refractivity contribution in [3.8, 4) is 11.5 Å². The van der Waals surface area contributed by atoms with E-state index < -0.39 is 0 Å². The lowest BCUT2D eigenvalue weighted by atomic mass is 9.74. The van der Waals surface area contributed by atoms with Gasteiger partial charge in [-0.15, -0.1) is 0 Å². The van der Waals surface area contributed by atoms with E-state index in [1.54, 1.807) is 4.90 Å². The van der Waals surface area contributed by atoms with Crippen LogP contribution in [0.2, 0.25) is 0 Å². The van der Waals surface area contributed by atoms with Gasteiger partial charge in [0.1, 0.15) is 17.1 Å². The minimum Gasteiger partial charge on any atom is -0.507 e. The predicted octanol–water partition coefficient (Wildman–Crippen LogP) is 2.13. The SMILES string of the molecule is O=C(c1c(O)cccc1O)N1CCCC2(CCOCC2)C1. The number of carbonyl (C=O) groups excluding carboxylic acids is 1. The first-order valence-electron chi connectivity index (χ1n) is 7.49. The van der Waals surface area contributed by atoms with Gasteiger partial charge in [-0.3, -0.25) is 4.79 Å². The molecule has 5 heteroatoms. The van der Waals surface area contributed by atoms with E-state index in [2.05, 4.69) is 0 Å². The number of amides is 1. The van der Waals surface area contributed by atoms with Crippen LogP contribution in [0.5, 0.6) is 11.5 Å². The zero-order valence-electron chi connectivity index (χ0n) is 12.0. The third-order valence-electron chi connectivity index (χ3n) is 4.74. The van der Waals surface area contributed by atoms with Crippen LogP contribution in [0.3, 0.4) is 0 Å². The van der Waals surface area contributed by atoms with Crippen molar-refractivity contribution < 1.29 is 19.7 Å². The summed E-state index contributed by atoms with van der Waals surface area (Å²) in [6, 6.07) is 4.39. The predicted molar refractivity (Wildman–Crippen MR) is 77.4 cm³/mol. The molecule has 1 amide bonds. The molecule has 0 bridgehead atoms. The van der Waals surface area contributed by atoms with Crippen molar-refractivity contribution in [1.82, 2.24) is 4.90 Å². The van der Waals surface area contributed by atoms with Gasteiger partial charge >= 0.3 is 0 Å². The molecule has 0 saturated carbocycles. The Bertz CT molecular complexity index is 511. The van der Waals surface area contributed by atoms with Crippen molar-refractivity contribution in [1.29, 1.82) is 0 Å². The molecule has 2 fully saturated rings. The first-order chi connectivity index (χ1) is 10.1. The van der Waals surface area contributed by atoms with Gasteiger partial charge in [0.2, 0.25) is 0 Å². The number of piperidine rings is 1. The number of likely N-dealkylation sites (tertiary alicyclic amines) is 1. The summed E-state index contributed by atoms with van der Waals surface area (Å²) in [5, 5.41) is 19.7.